The summed E-state index contributed by atoms with van der Waals surface area (Å²) in [7, 11) is 0. The second-order valence-electron chi connectivity index (χ2n) is 5.38. The van der Waals surface area contributed by atoms with E-state index in [1.165, 1.54) is 0 Å². The van der Waals surface area contributed by atoms with Gasteiger partial charge >= 0.3 is 0 Å². The van der Waals surface area contributed by atoms with Crippen molar-refractivity contribution in [1.29, 1.82) is 0 Å². The molecule has 7 heteroatoms. The molecule has 1 fully saturated rings. The summed E-state index contributed by atoms with van der Waals surface area (Å²) < 4.78 is 7.89. The first-order chi connectivity index (χ1) is 11.2. The number of amides is 1. The van der Waals surface area contributed by atoms with E-state index < -0.39 is 0 Å². The molecular weight excluding hydrogens is 312 g/mol. The fraction of sp³-hybridized carbons (Fsp3) is 0.438. The van der Waals surface area contributed by atoms with Gasteiger partial charge in [-0.25, -0.2) is 9.97 Å². The van der Waals surface area contributed by atoms with Gasteiger partial charge < -0.3 is 14.6 Å². The van der Waals surface area contributed by atoms with Crippen LogP contribution < -0.4 is 10.1 Å². The van der Waals surface area contributed by atoms with Gasteiger partial charge in [0.2, 0.25) is 5.88 Å². The van der Waals surface area contributed by atoms with Crippen molar-refractivity contribution in [3.05, 3.63) is 42.1 Å². The fourth-order valence-corrected chi connectivity index (χ4v) is 3.54. The standard InChI is InChI=1S/C16H20N4O2S/c1-12-17-6-8-20(12)9-7-18-15(21)14-3-2-5-19-16(14)22-13-4-10-23-11-13/h2-3,5-6,8,13H,4,7,9-11H2,1H3,(H,18,21). The molecule has 0 bridgehead atoms. The number of ether oxygens (including phenoxy) is 1. The van der Waals surface area contributed by atoms with E-state index in [-0.39, 0.29) is 12.0 Å². The van der Waals surface area contributed by atoms with Crippen LogP contribution in [0.25, 0.3) is 0 Å². The second-order valence-corrected chi connectivity index (χ2v) is 6.53. The number of aromatic nitrogens is 3. The summed E-state index contributed by atoms with van der Waals surface area (Å²) in [5.41, 5.74) is 0.492. The Morgan fingerprint density at radius 1 is 1.48 bits per heavy atom. The molecule has 23 heavy (non-hydrogen) atoms. The highest BCUT2D eigenvalue weighted by molar-refractivity contribution is 7.99. The van der Waals surface area contributed by atoms with Crippen molar-refractivity contribution in [2.45, 2.75) is 26.0 Å². The van der Waals surface area contributed by atoms with Crippen molar-refractivity contribution < 1.29 is 9.53 Å². The average molecular weight is 332 g/mol. The first-order valence-corrected chi connectivity index (χ1v) is 8.85. The lowest BCUT2D eigenvalue weighted by Crippen LogP contribution is -2.28. The average Bonchev–Trinajstić information content (AvgIpc) is 3.20. The minimum atomic E-state index is -0.156. The van der Waals surface area contributed by atoms with Crippen molar-refractivity contribution in [2.75, 3.05) is 18.1 Å². The molecule has 0 radical (unpaired) electrons. The maximum Gasteiger partial charge on any atom is 0.256 e. The van der Waals surface area contributed by atoms with Crippen LogP contribution in [0.15, 0.2) is 30.7 Å². The molecule has 122 valence electrons. The van der Waals surface area contributed by atoms with E-state index >= 15 is 0 Å². The van der Waals surface area contributed by atoms with Crippen LogP contribution in [0.2, 0.25) is 0 Å². The van der Waals surface area contributed by atoms with Gasteiger partial charge in [-0.2, -0.15) is 11.8 Å². The van der Waals surface area contributed by atoms with Gasteiger partial charge in [-0.3, -0.25) is 4.79 Å². The van der Waals surface area contributed by atoms with Crippen LogP contribution in [-0.2, 0) is 6.54 Å². The first kappa shape index (κ1) is 15.9. The van der Waals surface area contributed by atoms with Crippen LogP contribution in [0.3, 0.4) is 0 Å². The Morgan fingerprint density at radius 2 is 2.39 bits per heavy atom. The number of aryl methyl sites for hydroxylation is 1. The number of imidazole rings is 1. The van der Waals surface area contributed by atoms with E-state index in [0.717, 1.165) is 23.8 Å². The largest absolute Gasteiger partial charge is 0.473 e. The minimum absolute atomic E-state index is 0.148. The van der Waals surface area contributed by atoms with E-state index in [2.05, 4.69) is 15.3 Å². The smallest absolute Gasteiger partial charge is 0.256 e. The third kappa shape index (κ3) is 4.04. The molecular formula is C16H20N4O2S. The molecule has 6 nitrogen and oxygen atoms in total. The molecule has 1 aliphatic rings. The number of hydrogen-bond donors (Lipinski definition) is 1. The van der Waals surface area contributed by atoms with Gasteiger partial charge in [0.25, 0.3) is 5.91 Å². The predicted octanol–water partition coefficient (Wildman–Crippen LogP) is 1.90. The Morgan fingerprint density at radius 3 is 3.13 bits per heavy atom. The lowest BCUT2D eigenvalue weighted by molar-refractivity contribution is 0.0944. The number of nitrogens with one attached hydrogen (secondary N) is 1. The minimum Gasteiger partial charge on any atom is -0.473 e. The molecule has 1 atom stereocenters. The maximum atomic E-state index is 12.4. The summed E-state index contributed by atoms with van der Waals surface area (Å²) in [4.78, 5) is 20.8. The summed E-state index contributed by atoms with van der Waals surface area (Å²) in [5.74, 6) is 3.26. The molecule has 1 N–H and O–H groups in total. The fourth-order valence-electron chi connectivity index (χ4n) is 2.45. The summed E-state index contributed by atoms with van der Waals surface area (Å²) in [6.07, 6.45) is 6.46. The van der Waals surface area contributed by atoms with Crippen molar-refractivity contribution in [3.8, 4) is 5.88 Å². The highest BCUT2D eigenvalue weighted by Crippen LogP contribution is 2.24. The molecule has 0 spiro atoms. The van der Waals surface area contributed by atoms with E-state index in [0.29, 0.717) is 24.5 Å². The molecule has 3 heterocycles. The van der Waals surface area contributed by atoms with Crippen LogP contribution in [0.5, 0.6) is 5.88 Å². The highest BCUT2D eigenvalue weighted by atomic mass is 32.2. The molecule has 1 amide bonds. The van der Waals surface area contributed by atoms with E-state index in [1.54, 1.807) is 24.5 Å². The second kappa shape index (κ2) is 7.50. The van der Waals surface area contributed by atoms with Crippen LogP contribution >= 0.6 is 11.8 Å². The zero-order valence-electron chi connectivity index (χ0n) is 13.1. The van der Waals surface area contributed by atoms with Gasteiger partial charge in [0.1, 0.15) is 17.5 Å². The van der Waals surface area contributed by atoms with Crippen molar-refractivity contribution >= 4 is 17.7 Å². The summed E-state index contributed by atoms with van der Waals surface area (Å²) >= 11 is 1.87. The van der Waals surface area contributed by atoms with Crippen LogP contribution in [0.4, 0.5) is 0 Å². The Balaban J connectivity index is 1.59. The lowest BCUT2D eigenvalue weighted by atomic mass is 10.2. The van der Waals surface area contributed by atoms with Crippen LogP contribution in [0.1, 0.15) is 22.6 Å². The Hall–Kier alpha value is -2.02. The van der Waals surface area contributed by atoms with Gasteiger partial charge in [0, 0.05) is 37.4 Å². The molecule has 1 aliphatic heterocycles. The molecule has 0 aliphatic carbocycles. The van der Waals surface area contributed by atoms with Crippen molar-refractivity contribution in [3.63, 3.8) is 0 Å². The number of hydrogen-bond acceptors (Lipinski definition) is 5. The third-order valence-electron chi connectivity index (χ3n) is 3.74. The SMILES string of the molecule is Cc1nccn1CCNC(=O)c1cccnc1OC1CCSC1. The topological polar surface area (TPSA) is 69.0 Å². The van der Waals surface area contributed by atoms with Gasteiger partial charge in [-0.05, 0) is 31.2 Å². The number of pyridine rings is 1. The number of nitrogens with zero attached hydrogens (tertiary/aromatic N) is 3. The summed E-state index contributed by atoms with van der Waals surface area (Å²) in [6, 6.07) is 3.51. The van der Waals surface area contributed by atoms with Crippen molar-refractivity contribution in [1.82, 2.24) is 19.9 Å². The number of carbonyl (C=O) groups is 1. The Labute approximate surface area is 139 Å². The number of carbonyl (C=O) groups excluding carboxylic acids is 1. The number of rotatable bonds is 6. The first-order valence-electron chi connectivity index (χ1n) is 7.69. The monoisotopic (exact) mass is 332 g/mol. The normalized spacial score (nSPS) is 17.2. The molecule has 1 unspecified atom stereocenters. The zero-order valence-corrected chi connectivity index (χ0v) is 13.9. The zero-order chi connectivity index (χ0) is 16.1. The highest BCUT2D eigenvalue weighted by Gasteiger charge is 2.21. The molecule has 2 aromatic rings. The van der Waals surface area contributed by atoms with E-state index in [9.17, 15) is 4.79 Å². The number of thioether (sulfide) groups is 1. The van der Waals surface area contributed by atoms with E-state index in [1.807, 2.05) is 29.4 Å². The Bertz CT molecular complexity index is 668. The van der Waals surface area contributed by atoms with Crippen LogP contribution in [0, 0.1) is 6.92 Å². The molecule has 3 rings (SSSR count). The molecule has 2 aromatic heterocycles. The molecule has 0 saturated carbocycles. The summed E-state index contributed by atoms with van der Waals surface area (Å²) in [5, 5.41) is 2.92. The lowest BCUT2D eigenvalue weighted by Gasteiger charge is -2.14. The van der Waals surface area contributed by atoms with Gasteiger partial charge in [-0.1, -0.05) is 0 Å². The molecule has 0 aromatic carbocycles. The molecule has 1 saturated heterocycles. The predicted molar refractivity (Wildman–Crippen MR) is 89.9 cm³/mol. The maximum absolute atomic E-state index is 12.4. The van der Waals surface area contributed by atoms with Gasteiger partial charge in [-0.15, -0.1) is 0 Å². The van der Waals surface area contributed by atoms with E-state index in [4.69, 9.17) is 4.74 Å². The Kier molecular flexibility index (Phi) is 5.17. The third-order valence-corrected chi connectivity index (χ3v) is 4.88. The quantitative estimate of drug-likeness (QED) is 0.875. The van der Waals surface area contributed by atoms with Gasteiger partial charge in [0.15, 0.2) is 0 Å². The van der Waals surface area contributed by atoms with Crippen LogP contribution in [-0.4, -0.2) is 44.6 Å². The van der Waals surface area contributed by atoms with Gasteiger partial charge in [0.05, 0.1) is 0 Å². The summed E-state index contributed by atoms with van der Waals surface area (Å²) in [6.45, 7) is 3.16. The van der Waals surface area contributed by atoms with Crippen molar-refractivity contribution in [2.24, 2.45) is 0 Å².